The molecule has 0 atom stereocenters. The monoisotopic (exact) mass is 495 g/mol. The lowest BCUT2D eigenvalue weighted by atomic mass is 10.1. The van der Waals surface area contributed by atoms with Crippen LogP contribution in [0.25, 0.3) is 11.3 Å². The van der Waals surface area contributed by atoms with Gasteiger partial charge in [-0.3, -0.25) is 20.2 Å². The van der Waals surface area contributed by atoms with E-state index in [1.807, 2.05) is 0 Å². The maximum atomic E-state index is 11.5. The molecule has 12 nitrogen and oxygen atoms in total. The van der Waals surface area contributed by atoms with Crippen LogP contribution in [0.15, 0.2) is 74.5 Å². The highest BCUT2D eigenvalue weighted by molar-refractivity contribution is 7.07. The molecule has 0 aliphatic carbocycles. The van der Waals surface area contributed by atoms with E-state index in [0.29, 0.717) is 27.6 Å². The minimum absolute atomic E-state index is 0.135. The molecule has 0 amide bonds. The van der Waals surface area contributed by atoms with Crippen LogP contribution in [0.1, 0.15) is 5.76 Å². The van der Waals surface area contributed by atoms with Crippen molar-refractivity contribution in [3.63, 3.8) is 0 Å². The molecule has 0 N–H and O–H groups in total. The van der Waals surface area contributed by atoms with E-state index < -0.39 is 15.7 Å². The second kappa shape index (κ2) is 10.0. The lowest BCUT2D eigenvalue weighted by Crippen LogP contribution is -2.12. The van der Waals surface area contributed by atoms with Crippen LogP contribution < -0.4 is 14.3 Å². The summed E-state index contributed by atoms with van der Waals surface area (Å²) in [5, 5.41) is 28.6. The zero-order valence-electron chi connectivity index (χ0n) is 18.4. The summed E-state index contributed by atoms with van der Waals surface area (Å²) in [7, 11) is 3.05. The van der Waals surface area contributed by atoms with Gasteiger partial charge in [0.25, 0.3) is 5.69 Å². The van der Waals surface area contributed by atoms with Crippen molar-refractivity contribution in [2.75, 3.05) is 14.2 Å². The van der Waals surface area contributed by atoms with Crippen LogP contribution in [0.2, 0.25) is 0 Å². The summed E-state index contributed by atoms with van der Waals surface area (Å²) in [6, 6.07) is 13.9. The highest BCUT2D eigenvalue weighted by Crippen LogP contribution is 2.34. The molecular formula is C22H17N5O7S. The van der Waals surface area contributed by atoms with E-state index in [1.54, 1.807) is 35.7 Å². The fourth-order valence-corrected chi connectivity index (χ4v) is 3.97. The molecule has 178 valence electrons. The first-order valence-electron chi connectivity index (χ1n) is 9.91. The van der Waals surface area contributed by atoms with Gasteiger partial charge in [0.15, 0.2) is 5.76 Å². The molecular weight excluding hydrogens is 478 g/mol. The number of benzene rings is 2. The summed E-state index contributed by atoms with van der Waals surface area (Å²) < 4.78 is 17.4. The standard InChI is InChI=1S/C22H17N5O7S/c1-32-14-7-9-20(33-2)16(11-14)19-13-35-22(24-17-5-3-4-6-18(17)26(28)29)25(19)23-12-15-8-10-21(34-15)27(30)31/h3-13H,1-2H3. The zero-order chi connectivity index (χ0) is 24.9. The first kappa shape index (κ1) is 23.4. The number of thiazole rings is 1. The fraction of sp³-hybridized carbons (Fsp3) is 0.0909. The van der Waals surface area contributed by atoms with Crippen molar-refractivity contribution in [2.24, 2.45) is 10.1 Å². The second-order valence-electron chi connectivity index (χ2n) is 6.82. The average Bonchev–Trinajstić information content (AvgIpc) is 3.49. The third kappa shape index (κ3) is 4.94. The van der Waals surface area contributed by atoms with Crippen molar-refractivity contribution in [1.29, 1.82) is 0 Å². The van der Waals surface area contributed by atoms with E-state index in [-0.39, 0.29) is 17.1 Å². The van der Waals surface area contributed by atoms with Gasteiger partial charge < -0.3 is 13.9 Å². The average molecular weight is 495 g/mol. The summed E-state index contributed by atoms with van der Waals surface area (Å²) in [4.78, 5) is 26.0. The normalized spacial score (nSPS) is 11.7. The van der Waals surface area contributed by atoms with Crippen molar-refractivity contribution in [3.05, 3.63) is 90.8 Å². The molecule has 0 spiro atoms. The lowest BCUT2D eigenvalue weighted by Gasteiger charge is -2.11. The first-order chi connectivity index (χ1) is 16.9. The Bertz CT molecular complexity index is 1500. The van der Waals surface area contributed by atoms with Gasteiger partial charge in [-0.2, -0.15) is 5.10 Å². The second-order valence-corrected chi connectivity index (χ2v) is 7.65. The van der Waals surface area contributed by atoms with Gasteiger partial charge in [-0.15, -0.1) is 11.3 Å². The fourth-order valence-electron chi connectivity index (χ4n) is 3.13. The van der Waals surface area contributed by atoms with Crippen molar-refractivity contribution in [3.8, 4) is 22.8 Å². The zero-order valence-corrected chi connectivity index (χ0v) is 19.2. The van der Waals surface area contributed by atoms with Crippen LogP contribution in [0.4, 0.5) is 17.3 Å². The van der Waals surface area contributed by atoms with Gasteiger partial charge in [-0.05, 0) is 30.3 Å². The first-order valence-corrected chi connectivity index (χ1v) is 10.8. The maximum absolute atomic E-state index is 11.5. The molecule has 0 fully saturated rings. The summed E-state index contributed by atoms with van der Waals surface area (Å²) >= 11 is 1.19. The quantitative estimate of drug-likeness (QED) is 0.194. The van der Waals surface area contributed by atoms with E-state index in [1.165, 1.54) is 60.7 Å². The highest BCUT2D eigenvalue weighted by atomic mass is 32.1. The number of nitro benzene ring substituents is 1. The summed E-state index contributed by atoms with van der Waals surface area (Å²) in [5.41, 5.74) is 1.13. The van der Waals surface area contributed by atoms with Crippen LogP contribution in [0, 0.1) is 20.2 Å². The van der Waals surface area contributed by atoms with Crippen LogP contribution >= 0.6 is 11.3 Å². The maximum Gasteiger partial charge on any atom is 0.433 e. The van der Waals surface area contributed by atoms with Crippen LogP contribution in [0.3, 0.4) is 0 Å². The van der Waals surface area contributed by atoms with Crippen LogP contribution in [-0.2, 0) is 0 Å². The van der Waals surface area contributed by atoms with Gasteiger partial charge in [0.1, 0.15) is 22.1 Å². The van der Waals surface area contributed by atoms with Gasteiger partial charge in [0, 0.05) is 17.0 Å². The van der Waals surface area contributed by atoms with Gasteiger partial charge in [-0.25, -0.2) is 9.67 Å². The summed E-state index contributed by atoms with van der Waals surface area (Å²) in [6.45, 7) is 0. The number of methoxy groups -OCH3 is 2. The van der Waals surface area contributed by atoms with Crippen molar-refractivity contribution in [2.45, 2.75) is 0 Å². The third-order valence-corrected chi connectivity index (χ3v) is 5.57. The number of nitro groups is 2. The Balaban J connectivity index is 1.92. The summed E-state index contributed by atoms with van der Waals surface area (Å²) in [5.74, 6) is 0.802. The predicted molar refractivity (Wildman–Crippen MR) is 128 cm³/mol. The molecule has 2 heterocycles. The SMILES string of the molecule is COc1ccc(OC)c(-c2csc(=Nc3ccccc3[N+](=O)[O-])n2N=Cc2ccc([N+](=O)[O-])o2)c1. The van der Waals surface area contributed by atoms with Crippen LogP contribution in [-0.4, -0.2) is 35.0 Å². The lowest BCUT2D eigenvalue weighted by molar-refractivity contribution is -0.402. The van der Waals surface area contributed by atoms with Crippen molar-refractivity contribution in [1.82, 2.24) is 4.68 Å². The molecule has 4 aromatic rings. The van der Waals surface area contributed by atoms with Gasteiger partial charge in [0.05, 0.1) is 37.1 Å². The van der Waals surface area contributed by atoms with Gasteiger partial charge in [-0.1, -0.05) is 12.1 Å². The molecule has 0 unspecified atom stereocenters. The third-order valence-electron chi connectivity index (χ3n) is 4.76. The Morgan fingerprint density at radius 3 is 2.51 bits per heavy atom. The molecule has 0 saturated heterocycles. The Labute approximate surface area is 201 Å². The molecule has 4 rings (SSSR count). The molecule has 35 heavy (non-hydrogen) atoms. The minimum Gasteiger partial charge on any atom is -0.497 e. The van der Waals surface area contributed by atoms with E-state index in [2.05, 4.69) is 10.1 Å². The van der Waals surface area contributed by atoms with Crippen LogP contribution in [0.5, 0.6) is 11.5 Å². The molecule has 0 saturated carbocycles. The Hall–Kier alpha value is -4.78. The number of para-hydroxylation sites is 2. The molecule has 2 aromatic carbocycles. The van der Waals surface area contributed by atoms with Gasteiger partial charge >= 0.3 is 5.88 Å². The predicted octanol–water partition coefficient (Wildman–Crippen LogP) is 4.76. The molecule has 2 aromatic heterocycles. The van der Waals surface area contributed by atoms with Crippen molar-refractivity contribution < 1.29 is 23.7 Å². The summed E-state index contributed by atoms with van der Waals surface area (Å²) in [6.07, 6.45) is 1.29. The molecule has 0 aliphatic heterocycles. The highest BCUT2D eigenvalue weighted by Gasteiger charge is 2.17. The Morgan fingerprint density at radius 2 is 1.83 bits per heavy atom. The number of hydrogen-bond donors (Lipinski definition) is 0. The van der Waals surface area contributed by atoms with E-state index in [9.17, 15) is 20.2 Å². The Morgan fingerprint density at radius 1 is 1.03 bits per heavy atom. The topological polar surface area (TPSA) is 148 Å². The Kier molecular flexibility index (Phi) is 6.69. The number of nitrogens with zero attached hydrogens (tertiary/aromatic N) is 5. The number of aromatic nitrogens is 1. The number of hydrogen-bond acceptors (Lipinski definition) is 10. The largest absolute Gasteiger partial charge is 0.497 e. The number of rotatable bonds is 8. The van der Waals surface area contributed by atoms with E-state index in [4.69, 9.17) is 13.9 Å². The smallest absolute Gasteiger partial charge is 0.433 e. The molecule has 13 heteroatoms. The number of furan rings is 1. The van der Waals surface area contributed by atoms with Crippen molar-refractivity contribution >= 4 is 34.8 Å². The molecule has 0 aliphatic rings. The minimum atomic E-state index is -0.656. The molecule has 0 bridgehead atoms. The van der Waals surface area contributed by atoms with E-state index >= 15 is 0 Å². The van der Waals surface area contributed by atoms with E-state index in [0.717, 1.165) is 0 Å². The number of ether oxygens (including phenoxy) is 2. The molecule has 0 radical (unpaired) electrons. The van der Waals surface area contributed by atoms with Gasteiger partial charge in [0.2, 0.25) is 4.80 Å².